The summed E-state index contributed by atoms with van der Waals surface area (Å²) in [6.07, 6.45) is 4.90. The van der Waals surface area contributed by atoms with Crippen molar-refractivity contribution >= 4 is 0 Å². The van der Waals surface area contributed by atoms with Crippen LogP contribution in [-0.2, 0) is 0 Å². The summed E-state index contributed by atoms with van der Waals surface area (Å²) in [7, 11) is 6.45. The Morgan fingerprint density at radius 2 is 2.25 bits per heavy atom. The van der Waals surface area contributed by atoms with Crippen molar-refractivity contribution in [2.75, 3.05) is 40.8 Å². The lowest BCUT2D eigenvalue weighted by atomic mass is 10.1. The second kappa shape index (κ2) is 4.63. The maximum absolute atomic E-state index is 2.38. The molecule has 0 saturated carbocycles. The Labute approximate surface area is 75.8 Å². The van der Waals surface area contributed by atoms with Crippen LogP contribution >= 0.6 is 0 Å². The highest BCUT2D eigenvalue weighted by Crippen LogP contribution is 2.12. The van der Waals surface area contributed by atoms with Gasteiger partial charge < -0.3 is 9.80 Å². The molecule has 0 N–H and O–H groups in total. The third kappa shape index (κ3) is 3.37. The van der Waals surface area contributed by atoms with Crippen molar-refractivity contribution < 1.29 is 0 Å². The summed E-state index contributed by atoms with van der Waals surface area (Å²) in [5.41, 5.74) is 1.64. The minimum Gasteiger partial charge on any atom is -0.309 e. The van der Waals surface area contributed by atoms with Crippen molar-refractivity contribution in [3.63, 3.8) is 0 Å². The number of hydrogen-bond donors (Lipinski definition) is 0. The maximum atomic E-state index is 2.38. The quantitative estimate of drug-likeness (QED) is 0.584. The number of nitrogens with zero attached hydrogens (tertiary/aromatic N) is 2. The monoisotopic (exact) mass is 168 g/mol. The van der Waals surface area contributed by atoms with Gasteiger partial charge in [-0.15, -0.1) is 0 Å². The predicted octanol–water partition coefficient (Wildman–Crippen LogP) is 1.20. The summed E-state index contributed by atoms with van der Waals surface area (Å²) < 4.78 is 0. The van der Waals surface area contributed by atoms with Crippen LogP contribution in [0.1, 0.15) is 12.8 Å². The fraction of sp³-hybridized carbons (Fsp3) is 0.800. The Hall–Kier alpha value is -0.340. The summed E-state index contributed by atoms with van der Waals surface area (Å²) in [6.45, 7) is 3.57. The molecular weight excluding hydrogens is 148 g/mol. The SMILES string of the molecule is CN(C)CCC1=CCN(C)CC1. The van der Waals surface area contributed by atoms with Gasteiger partial charge in [-0.25, -0.2) is 0 Å². The molecule has 2 heteroatoms. The van der Waals surface area contributed by atoms with E-state index in [4.69, 9.17) is 0 Å². The Kier molecular flexibility index (Phi) is 3.76. The molecule has 1 rings (SSSR count). The van der Waals surface area contributed by atoms with E-state index in [1.807, 2.05) is 0 Å². The van der Waals surface area contributed by atoms with E-state index < -0.39 is 0 Å². The molecule has 0 radical (unpaired) electrons. The molecule has 2 nitrogen and oxygen atoms in total. The minimum absolute atomic E-state index is 1.14. The van der Waals surface area contributed by atoms with Crippen LogP contribution < -0.4 is 0 Å². The zero-order valence-electron chi connectivity index (χ0n) is 8.51. The largest absolute Gasteiger partial charge is 0.309 e. The van der Waals surface area contributed by atoms with Crippen molar-refractivity contribution in [2.45, 2.75) is 12.8 Å². The highest BCUT2D eigenvalue weighted by Gasteiger charge is 2.06. The average molecular weight is 168 g/mol. The average Bonchev–Trinajstić information content (AvgIpc) is 2.03. The Balaban J connectivity index is 2.24. The molecule has 1 aliphatic rings. The van der Waals surface area contributed by atoms with Crippen molar-refractivity contribution in [3.05, 3.63) is 11.6 Å². The van der Waals surface area contributed by atoms with E-state index in [-0.39, 0.29) is 0 Å². The van der Waals surface area contributed by atoms with E-state index in [2.05, 4.69) is 37.0 Å². The topological polar surface area (TPSA) is 6.48 Å². The summed E-state index contributed by atoms with van der Waals surface area (Å²) in [4.78, 5) is 4.61. The van der Waals surface area contributed by atoms with Gasteiger partial charge in [0.2, 0.25) is 0 Å². The van der Waals surface area contributed by atoms with Crippen molar-refractivity contribution in [3.8, 4) is 0 Å². The molecule has 0 aromatic carbocycles. The van der Waals surface area contributed by atoms with E-state index in [0.29, 0.717) is 0 Å². The standard InChI is InChI=1S/C10H20N2/c1-11(2)7-4-10-5-8-12(3)9-6-10/h5H,4,6-9H2,1-3H3. The minimum atomic E-state index is 1.14. The molecule has 1 heterocycles. The number of likely N-dealkylation sites (N-methyl/N-ethyl adjacent to an activating group) is 1. The fourth-order valence-electron chi connectivity index (χ4n) is 1.41. The van der Waals surface area contributed by atoms with Crippen LogP contribution in [0.3, 0.4) is 0 Å². The van der Waals surface area contributed by atoms with Gasteiger partial charge in [-0.2, -0.15) is 0 Å². The lowest BCUT2D eigenvalue weighted by molar-refractivity contribution is 0.348. The number of rotatable bonds is 3. The van der Waals surface area contributed by atoms with Gasteiger partial charge in [0, 0.05) is 19.6 Å². The van der Waals surface area contributed by atoms with Gasteiger partial charge in [0.25, 0.3) is 0 Å². The molecule has 0 aromatic heterocycles. The second-order valence-corrected chi connectivity index (χ2v) is 3.93. The first-order valence-corrected chi connectivity index (χ1v) is 4.69. The third-order valence-electron chi connectivity index (χ3n) is 2.39. The summed E-state index contributed by atoms with van der Waals surface area (Å²) in [6, 6.07) is 0. The normalized spacial score (nSPS) is 19.8. The van der Waals surface area contributed by atoms with Gasteiger partial charge in [0.1, 0.15) is 0 Å². The molecule has 0 aliphatic carbocycles. The first-order chi connectivity index (χ1) is 5.68. The maximum Gasteiger partial charge on any atom is 0.0162 e. The lowest BCUT2D eigenvalue weighted by Gasteiger charge is -2.22. The summed E-state index contributed by atoms with van der Waals surface area (Å²) in [5.74, 6) is 0. The van der Waals surface area contributed by atoms with Gasteiger partial charge in [0.05, 0.1) is 0 Å². The second-order valence-electron chi connectivity index (χ2n) is 3.93. The zero-order valence-corrected chi connectivity index (χ0v) is 8.51. The highest BCUT2D eigenvalue weighted by molar-refractivity contribution is 5.07. The van der Waals surface area contributed by atoms with Crippen LogP contribution in [-0.4, -0.2) is 50.6 Å². The van der Waals surface area contributed by atoms with E-state index in [9.17, 15) is 0 Å². The molecule has 0 unspecified atom stereocenters. The molecule has 0 atom stereocenters. The molecule has 0 spiro atoms. The van der Waals surface area contributed by atoms with E-state index in [1.165, 1.54) is 25.9 Å². The zero-order chi connectivity index (χ0) is 8.97. The molecule has 12 heavy (non-hydrogen) atoms. The third-order valence-corrected chi connectivity index (χ3v) is 2.39. The Morgan fingerprint density at radius 1 is 1.50 bits per heavy atom. The van der Waals surface area contributed by atoms with Gasteiger partial charge in [-0.1, -0.05) is 11.6 Å². The van der Waals surface area contributed by atoms with Gasteiger partial charge in [0.15, 0.2) is 0 Å². The van der Waals surface area contributed by atoms with Crippen LogP contribution in [0.2, 0.25) is 0 Å². The molecular formula is C10H20N2. The smallest absolute Gasteiger partial charge is 0.0162 e. The van der Waals surface area contributed by atoms with Crippen molar-refractivity contribution in [1.82, 2.24) is 9.80 Å². The first-order valence-electron chi connectivity index (χ1n) is 4.69. The molecule has 1 aliphatic heterocycles. The van der Waals surface area contributed by atoms with E-state index in [1.54, 1.807) is 5.57 Å². The van der Waals surface area contributed by atoms with Crippen molar-refractivity contribution in [1.29, 1.82) is 0 Å². The molecule has 0 amide bonds. The fourth-order valence-corrected chi connectivity index (χ4v) is 1.41. The summed E-state index contributed by atoms with van der Waals surface area (Å²) in [5, 5.41) is 0. The molecule has 0 bridgehead atoms. The van der Waals surface area contributed by atoms with Crippen LogP contribution in [0.4, 0.5) is 0 Å². The Morgan fingerprint density at radius 3 is 2.75 bits per heavy atom. The summed E-state index contributed by atoms with van der Waals surface area (Å²) >= 11 is 0. The van der Waals surface area contributed by atoms with Crippen LogP contribution in [0.5, 0.6) is 0 Å². The lowest BCUT2D eigenvalue weighted by Crippen LogP contribution is -2.25. The van der Waals surface area contributed by atoms with Crippen LogP contribution in [0.15, 0.2) is 11.6 Å². The van der Waals surface area contributed by atoms with Crippen molar-refractivity contribution in [2.24, 2.45) is 0 Å². The molecule has 0 aromatic rings. The Bertz CT molecular complexity index is 161. The predicted molar refractivity (Wildman–Crippen MR) is 53.4 cm³/mol. The highest BCUT2D eigenvalue weighted by atomic mass is 15.1. The molecule has 70 valence electrons. The van der Waals surface area contributed by atoms with Gasteiger partial charge in [-0.3, -0.25) is 0 Å². The van der Waals surface area contributed by atoms with E-state index >= 15 is 0 Å². The van der Waals surface area contributed by atoms with Gasteiger partial charge >= 0.3 is 0 Å². The molecule has 0 fully saturated rings. The van der Waals surface area contributed by atoms with Gasteiger partial charge in [-0.05, 0) is 34.0 Å². The van der Waals surface area contributed by atoms with E-state index in [0.717, 1.165) is 6.54 Å². The van der Waals surface area contributed by atoms with Crippen LogP contribution in [0, 0.1) is 0 Å². The number of hydrogen-bond acceptors (Lipinski definition) is 2. The molecule has 0 saturated heterocycles. The first kappa shape index (κ1) is 9.75. The van der Waals surface area contributed by atoms with Crippen LogP contribution in [0.25, 0.3) is 0 Å².